The van der Waals surface area contributed by atoms with Crippen molar-refractivity contribution in [2.45, 2.75) is 9.79 Å². The first-order valence-electron chi connectivity index (χ1n) is 6.37. The standard InChI is InChI=1S/C12H10Cl4N2O4P2S/c13-23(14,19)17-9-1-5-11(6-2-9)25(21,22)12-7-3-10(4-8-12)18-24(15,16)20/h1-8H,(H,17,19)(H,18,20). The van der Waals surface area contributed by atoms with Crippen LogP contribution in [0, 0.1) is 0 Å². The van der Waals surface area contributed by atoms with Crippen LogP contribution in [0.4, 0.5) is 11.4 Å². The largest absolute Gasteiger partial charge is 0.343 e. The maximum Gasteiger partial charge on any atom is 0.343 e. The highest BCUT2D eigenvalue weighted by molar-refractivity contribution is 8.09. The third kappa shape index (κ3) is 6.37. The van der Waals surface area contributed by atoms with E-state index in [1.54, 1.807) is 0 Å². The van der Waals surface area contributed by atoms with Gasteiger partial charge in [-0.05, 0) is 93.5 Å². The van der Waals surface area contributed by atoms with Gasteiger partial charge in [-0.3, -0.25) is 9.13 Å². The molecular weight excluding hydrogens is 472 g/mol. The van der Waals surface area contributed by atoms with Gasteiger partial charge in [-0.2, -0.15) is 0 Å². The molecule has 0 heterocycles. The molecule has 2 aromatic rings. The van der Waals surface area contributed by atoms with Crippen LogP contribution in [-0.2, 0) is 19.0 Å². The summed E-state index contributed by atoms with van der Waals surface area (Å²) in [7, 11) is -3.79. The lowest BCUT2D eigenvalue weighted by Crippen LogP contribution is -2.02. The van der Waals surface area contributed by atoms with Gasteiger partial charge in [0.1, 0.15) is 0 Å². The number of halogens is 4. The quantitative estimate of drug-likeness (QED) is 0.456. The van der Waals surface area contributed by atoms with E-state index in [2.05, 4.69) is 10.2 Å². The molecule has 2 rings (SSSR count). The van der Waals surface area contributed by atoms with Crippen LogP contribution in [0.3, 0.4) is 0 Å². The summed E-state index contributed by atoms with van der Waals surface area (Å²) in [5, 5.41) is 4.72. The highest BCUT2D eigenvalue weighted by atomic mass is 35.9. The van der Waals surface area contributed by atoms with Crippen molar-refractivity contribution in [1.29, 1.82) is 0 Å². The van der Waals surface area contributed by atoms with Crippen molar-refractivity contribution in [2.24, 2.45) is 0 Å². The van der Waals surface area contributed by atoms with Crippen LogP contribution >= 0.6 is 57.0 Å². The zero-order valence-corrected chi connectivity index (χ0v) is 17.7. The van der Waals surface area contributed by atoms with Crippen LogP contribution in [0.25, 0.3) is 0 Å². The van der Waals surface area contributed by atoms with Crippen LogP contribution in [0.2, 0.25) is 0 Å². The molecule has 13 heteroatoms. The monoisotopic (exact) mass is 480 g/mol. The van der Waals surface area contributed by atoms with Crippen molar-refractivity contribution in [3.8, 4) is 0 Å². The summed E-state index contributed by atoms with van der Waals surface area (Å²) in [6, 6.07) is 10.8. The summed E-state index contributed by atoms with van der Waals surface area (Å²) in [5.41, 5.74) is 0.624. The minimum atomic E-state index is -3.79. The zero-order chi connectivity index (χ0) is 18.9. The van der Waals surface area contributed by atoms with E-state index in [1.165, 1.54) is 48.5 Å². The van der Waals surface area contributed by atoms with Gasteiger partial charge in [0.15, 0.2) is 0 Å². The smallest absolute Gasteiger partial charge is 0.313 e. The molecule has 0 aliphatic carbocycles. The fraction of sp³-hybridized carbons (Fsp3) is 0. The first-order chi connectivity index (χ1) is 11.4. The van der Waals surface area contributed by atoms with Gasteiger partial charge < -0.3 is 10.2 Å². The molecule has 0 aliphatic heterocycles. The highest BCUT2D eigenvalue weighted by Crippen LogP contribution is 2.56. The molecular formula is C12H10Cl4N2O4P2S. The van der Waals surface area contributed by atoms with E-state index in [4.69, 9.17) is 45.0 Å². The zero-order valence-electron chi connectivity index (χ0n) is 12.1. The lowest BCUT2D eigenvalue weighted by molar-refractivity contribution is 0.594. The molecule has 6 nitrogen and oxygen atoms in total. The number of anilines is 2. The Balaban J connectivity index is 2.26. The molecule has 0 saturated heterocycles. The SMILES string of the molecule is O=P(Cl)(Cl)Nc1ccc(S(=O)(=O)c2ccc(NP(=O)(Cl)Cl)cc2)cc1. The molecule has 2 aromatic carbocycles. The Morgan fingerprint density at radius 1 is 0.640 bits per heavy atom. The van der Waals surface area contributed by atoms with E-state index in [9.17, 15) is 17.5 Å². The molecule has 0 unspecified atom stereocenters. The van der Waals surface area contributed by atoms with Gasteiger partial charge in [0.25, 0.3) is 0 Å². The number of rotatable bonds is 6. The summed E-state index contributed by atoms with van der Waals surface area (Å²) < 4.78 is 47.7. The van der Waals surface area contributed by atoms with E-state index in [0.29, 0.717) is 11.4 Å². The van der Waals surface area contributed by atoms with Crippen molar-refractivity contribution in [3.63, 3.8) is 0 Å². The average molecular weight is 482 g/mol. The van der Waals surface area contributed by atoms with Gasteiger partial charge in [-0.1, -0.05) is 0 Å². The Labute approximate surface area is 163 Å². The Bertz CT molecular complexity index is 882. The lowest BCUT2D eigenvalue weighted by atomic mass is 10.3. The van der Waals surface area contributed by atoms with E-state index < -0.39 is 21.8 Å². The predicted octanol–water partition coefficient (Wildman–Crippen LogP) is 6.51. The first kappa shape index (κ1) is 20.9. The van der Waals surface area contributed by atoms with Crippen molar-refractivity contribution in [3.05, 3.63) is 48.5 Å². The summed E-state index contributed by atoms with van der Waals surface area (Å²) in [4.78, 5) is 0.0242. The third-order valence-electron chi connectivity index (χ3n) is 2.85. The molecule has 2 N–H and O–H groups in total. The first-order valence-corrected chi connectivity index (χ1v) is 14.9. The minimum Gasteiger partial charge on any atom is -0.313 e. The van der Waals surface area contributed by atoms with Gasteiger partial charge in [0, 0.05) is 11.4 Å². The van der Waals surface area contributed by atoms with Crippen molar-refractivity contribution in [2.75, 3.05) is 10.2 Å². The summed E-state index contributed by atoms with van der Waals surface area (Å²) >= 11 is 21.6. The van der Waals surface area contributed by atoms with Crippen molar-refractivity contribution >= 4 is 78.2 Å². The Kier molecular flexibility index (Phi) is 6.44. The normalized spacial score (nSPS) is 12.6. The molecule has 0 aromatic heterocycles. The van der Waals surface area contributed by atoms with Gasteiger partial charge in [-0.25, -0.2) is 8.42 Å². The lowest BCUT2D eigenvalue weighted by Gasteiger charge is -2.10. The molecule has 0 fully saturated rings. The van der Waals surface area contributed by atoms with E-state index in [0.717, 1.165) is 0 Å². The van der Waals surface area contributed by atoms with Gasteiger partial charge in [0.05, 0.1) is 9.79 Å². The average Bonchev–Trinajstić information content (AvgIpc) is 2.45. The highest BCUT2D eigenvalue weighted by Gasteiger charge is 2.19. The summed E-state index contributed by atoms with van der Waals surface area (Å²) in [6.07, 6.45) is 0. The van der Waals surface area contributed by atoms with E-state index >= 15 is 0 Å². The molecule has 0 bridgehead atoms. The number of benzene rings is 2. The second-order valence-electron chi connectivity index (χ2n) is 4.70. The van der Waals surface area contributed by atoms with Crippen molar-refractivity contribution < 1.29 is 17.5 Å². The molecule has 0 saturated carbocycles. The number of hydrogen-bond donors (Lipinski definition) is 2. The summed E-state index contributed by atoms with van der Waals surface area (Å²) in [6.45, 7) is 0. The minimum absolute atomic E-state index is 0.0121. The third-order valence-corrected chi connectivity index (χ3v) is 6.68. The number of sulfone groups is 1. The van der Waals surface area contributed by atoms with Crippen LogP contribution < -0.4 is 10.2 Å². The van der Waals surface area contributed by atoms with Crippen LogP contribution in [0.15, 0.2) is 58.3 Å². The number of nitrogens with one attached hydrogen (secondary N) is 2. The predicted molar refractivity (Wildman–Crippen MR) is 104 cm³/mol. The molecule has 0 radical (unpaired) electrons. The Morgan fingerprint density at radius 2 is 0.920 bits per heavy atom. The van der Waals surface area contributed by atoms with Crippen LogP contribution in [-0.4, -0.2) is 8.42 Å². The molecule has 0 atom stereocenters. The van der Waals surface area contributed by atoms with Gasteiger partial charge >= 0.3 is 12.0 Å². The van der Waals surface area contributed by atoms with Crippen LogP contribution in [0.5, 0.6) is 0 Å². The van der Waals surface area contributed by atoms with E-state index in [1.807, 2.05) is 0 Å². The maximum absolute atomic E-state index is 12.6. The second-order valence-corrected chi connectivity index (χ2v) is 15.7. The Morgan fingerprint density at radius 3 is 1.16 bits per heavy atom. The van der Waals surface area contributed by atoms with E-state index in [-0.39, 0.29) is 9.79 Å². The maximum atomic E-state index is 12.6. The molecule has 0 spiro atoms. The van der Waals surface area contributed by atoms with Crippen LogP contribution in [0.1, 0.15) is 0 Å². The molecule has 136 valence electrons. The summed E-state index contributed by atoms with van der Waals surface area (Å²) in [5.74, 6) is -7.06. The number of hydrogen-bond acceptors (Lipinski definition) is 4. The fourth-order valence-corrected chi connectivity index (χ4v) is 5.19. The topological polar surface area (TPSA) is 92.3 Å². The van der Waals surface area contributed by atoms with Gasteiger partial charge in [-0.15, -0.1) is 0 Å². The molecule has 0 amide bonds. The Hall–Kier alpha value is -0.390. The van der Waals surface area contributed by atoms with Crippen molar-refractivity contribution in [1.82, 2.24) is 0 Å². The fourth-order valence-electron chi connectivity index (χ4n) is 1.85. The molecule has 25 heavy (non-hydrogen) atoms. The van der Waals surface area contributed by atoms with Gasteiger partial charge in [0.2, 0.25) is 9.84 Å². The second kappa shape index (κ2) is 7.69. The molecule has 0 aliphatic rings.